The maximum atomic E-state index is 12.7. The summed E-state index contributed by atoms with van der Waals surface area (Å²) in [5.41, 5.74) is 1.66. The number of aliphatic hydroxyl groups excluding tert-OH is 1. The molecule has 6 heteroatoms. The third-order valence-electron chi connectivity index (χ3n) is 5.44. The number of sulfonamides is 1. The summed E-state index contributed by atoms with van der Waals surface area (Å²) >= 11 is 0. The number of hydrogen-bond donors (Lipinski definition) is 1. The largest absolute Gasteiger partial charge is 0.497 e. The number of piperidine rings is 1. The van der Waals surface area contributed by atoms with E-state index in [0.29, 0.717) is 25.9 Å². The van der Waals surface area contributed by atoms with Crippen molar-refractivity contribution < 1.29 is 18.3 Å². The zero-order valence-electron chi connectivity index (χ0n) is 15.7. The van der Waals surface area contributed by atoms with Gasteiger partial charge in [-0.25, -0.2) is 12.7 Å². The minimum Gasteiger partial charge on any atom is -0.497 e. The summed E-state index contributed by atoms with van der Waals surface area (Å²) in [7, 11) is -1.71. The summed E-state index contributed by atoms with van der Waals surface area (Å²) < 4.78 is 32.2. The number of nitrogens with zero attached hydrogens (tertiary/aromatic N) is 1. The second-order valence-electron chi connectivity index (χ2n) is 7.32. The Bertz CT molecular complexity index is 826. The molecule has 146 valence electrons. The number of benzene rings is 2. The topological polar surface area (TPSA) is 66.8 Å². The van der Waals surface area contributed by atoms with E-state index in [1.165, 1.54) is 0 Å². The number of hydrogen-bond acceptors (Lipinski definition) is 4. The first-order chi connectivity index (χ1) is 13.0. The van der Waals surface area contributed by atoms with Crippen molar-refractivity contribution in [2.75, 3.05) is 26.8 Å². The maximum Gasteiger partial charge on any atom is 0.218 e. The third kappa shape index (κ3) is 4.89. The van der Waals surface area contributed by atoms with Gasteiger partial charge in [0.15, 0.2) is 0 Å². The molecule has 0 radical (unpaired) electrons. The van der Waals surface area contributed by atoms with Gasteiger partial charge >= 0.3 is 0 Å². The van der Waals surface area contributed by atoms with E-state index in [2.05, 4.69) is 0 Å². The lowest BCUT2D eigenvalue weighted by Gasteiger charge is -2.40. The lowest BCUT2D eigenvalue weighted by atomic mass is 9.75. The zero-order chi connectivity index (χ0) is 19.3. The van der Waals surface area contributed by atoms with Crippen LogP contribution in [0.2, 0.25) is 0 Å². The Balaban J connectivity index is 1.64. The highest BCUT2D eigenvalue weighted by molar-refractivity contribution is 7.88. The van der Waals surface area contributed by atoms with Crippen LogP contribution in [0, 0.1) is 5.41 Å². The highest BCUT2D eigenvalue weighted by Crippen LogP contribution is 2.36. The van der Waals surface area contributed by atoms with Crippen LogP contribution in [0.5, 0.6) is 5.75 Å². The molecule has 1 heterocycles. The highest BCUT2D eigenvalue weighted by Gasteiger charge is 2.37. The molecule has 0 bridgehead atoms. The van der Waals surface area contributed by atoms with Gasteiger partial charge in [0.2, 0.25) is 10.0 Å². The summed E-state index contributed by atoms with van der Waals surface area (Å²) in [5.74, 6) is 0.831. The average molecular weight is 390 g/mol. The van der Waals surface area contributed by atoms with Crippen LogP contribution in [0.4, 0.5) is 0 Å². The molecule has 27 heavy (non-hydrogen) atoms. The lowest BCUT2D eigenvalue weighted by Crippen LogP contribution is -2.45. The highest BCUT2D eigenvalue weighted by atomic mass is 32.2. The van der Waals surface area contributed by atoms with Crippen molar-refractivity contribution in [1.29, 1.82) is 0 Å². The van der Waals surface area contributed by atoms with Crippen molar-refractivity contribution in [3.05, 3.63) is 65.7 Å². The number of rotatable bonds is 7. The Morgan fingerprint density at radius 2 is 1.63 bits per heavy atom. The summed E-state index contributed by atoms with van der Waals surface area (Å²) in [6.45, 7) is 0.962. The van der Waals surface area contributed by atoms with Crippen LogP contribution in [0.25, 0.3) is 0 Å². The second kappa shape index (κ2) is 8.42. The van der Waals surface area contributed by atoms with Crippen LogP contribution in [0.1, 0.15) is 24.0 Å². The number of ether oxygens (including phenoxy) is 1. The van der Waals surface area contributed by atoms with Crippen LogP contribution >= 0.6 is 0 Å². The molecule has 2 aromatic rings. The molecule has 0 atom stereocenters. The predicted octanol–water partition coefficient (Wildman–Crippen LogP) is 2.84. The monoisotopic (exact) mass is 389 g/mol. The molecule has 3 rings (SSSR count). The van der Waals surface area contributed by atoms with Gasteiger partial charge in [-0.3, -0.25) is 0 Å². The van der Waals surface area contributed by atoms with Crippen molar-refractivity contribution in [2.45, 2.75) is 25.0 Å². The summed E-state index contributed by atoms with van der Waals surface area (Å²) in [5, 5.41) is 10.0. The molecule has 1 saturated heterocycles. The quantitative estimate of drug-likeness (QED) is 0.791. The summed E-state index contributed by atoms with van der Waals surface area (Å²) in [6, 6.07) is 17.1. The van der Waals surface area contributed by atoms with Gasteiger partial charge in [0.1, 0.15) is 5.75 Å². The molecule has 1 aliphatic rings. The van der Waals surface area contributed by atoms with Crippen molar-refractivity contribution >= 4 is 10.0 Å². The molecule has 0 amide bonds. The number of methoxy groups -OCH3 is 1. The molecule has 2 aromatic carbocycles. The molecule has 0 aromatic heterocycles. The SMILES string of the molecule is COc1ccc(CC2(CO)CCN(S(=O)(=O)Cc3ccccc3)CC2)cc1. The molecule has 0 aliphatic carbocycles. The summed E-state index contributed by atoms with van der Waals surface area (Å²) in [4.78, 5) is 0. The smallest absolute Gasteiger partial charge is 0.218 e. The van der Waals surface area contributed by atoms with Gasteiger partial charge in [-0.2, -0.15) is 0 Å². The Hall–Kier alpha value is -1.89. The van der Waals surface area contributed by atoms with E-state index in [1.807, 2.05) is 54.6 Å². The second-order valence-corrected chi connectivity index (χ2v) is 9.29. The van der Waals surface area contributed by atoms with Crippen molar-refractivity contribution in [1.82, 2.24) is 4.31 Å². The van der Waals surface area contributed by atoms with Gasteiger partial charge < -0.3 is 9.84 Å². The van der Waals surface area contributed by atoms with E-state index in [4.69, 9.17) is 4.74 Å². The van der Waals surface area contributed by atoms with Crippen LogP contribution in [0.3, 0.4) is 0 Å². The van der Waals surface area contributed by atoms with Crippen LogP contribution in [0.15, 0.2) is 54.6 Å². The van der Waals surface area contributed by atoms with Gasteiger partial charge in [-0.1, -0.05) is 42.5 Å². The van der Waals surface area contributed by atoms with Crippen molar-refractivity contribution in [2.24, 2.45) is 5.41 Å². The fourth-order valence-corrected chi connectivity index (χ4v) is 5.22. The van der Waals surface area contributed by atoms with Gasteiger partial charge in [0.05, 0.1) is 12.9 Å². The van der Waals surface area contributed by atoms with E-state index >= 15 is 0 Å². The van der Waals surface area contributed by atoms with Gasteiger partial charge in [0.25, 0.3) is 0 Å². The van der Waals surface area contributed by atoms with E-state index < -0.39 is 10.0 Å². The lowest BCUT2D eigenvalue weighted by molar-refractivity contribution is 0.0684. The molecule has 1 fully saturated rings. The minimum absolute atomic E-state index is 0.0262. The van der Waals surface area contributed by atoms with E-state index in [1.54, 1.807) is 11.4 Å². The van der Waals surface area contributed by atoms with Gasteiger partial charge in [0, 0.05) is 19.7 Å². The van der Waals surface area contributed by atoms with Gasteiger partial charge in [-0.15, -0.1) is 0 Å². The Morgan fingerprint density at radius 1 is 1.00 bits per heavy atom. The summed E-state index contributed by atoms with van der Waals surface area (Å²) in [6.07, 6.45) is 2.05. The first-order valence-corrected chi connectivity index (χ1v) is 10.8. The van der Waals surface area contributed by atoms with E-state index in [-0.39, 0.29) is 17.8 Å². The maximum absolute atomic E-state index is 12.7. The first-order valence-electron chi connectivity index (χ1n) is 9.22. The normalized spacial score (nSPS) is 17.6. The Labute approximate surface area is 161 Å². The van der Waals surface area contributed by atoms with Crippen molar-refractivity contribution in [3.8, 4) is 5.75 Å². The molecule has 0 spiro atoms. The van der Waals surface area contributed by atoms with Crippen molar-refractivity contribution in [3.63, 3.8) is 0 Å². The molecular weight excluding hydrogens is 362 g/mol. The fourth-order valence-electron chi connectivity index (χ4n) is 3.68. The zero-order valence-corrected chi connectivity index (χ0v) is 16.5. The molecular formula is C21H27NO4S. The third-order valence-corrected chi connectivity index (χ3v) is 7.29. The van der Waals surface area contributed by atoms with E-state index in [9.17, 15) is 13.5 Å². The van der Waals surface area contributed by atoms with E-state index in [0.717, 1.165) is 23.3 Å². The minimum atomic E-state index is -3.34. The Morgan fingerprint density at radius 3 is 2.19 bits per heavy atom. The molecule has 5 nitrogen and oxygen atoms in total. The Kier molecular flexibility index (Phi) is 6.19. The van der Waals surface area contributed by atoms with Crippen LogP contribution in [-0.4, -0.2) is 44.6 Å². The molecule has 1 aliphatic heterocycles. The first kappa shape index (κ1) is 19.9. The molecule has 0 unspecified atom stereocenters. The van der Waals surface area contributed by atoms with Crippen LogP contribution < -0.4 is 4.74 Å². The number of aliphatic hydroxyl groups is 1. The molecule has 1 N–H and O–H groups in total. The predicted molar refractivity (Wildman–Crippen MR) is 106 cm³/mol. The van der Waals surface area contributed by atoms with Gasteiger partial charge in [-0.05, 0) is 47.9 Å². The average Bonchev–Trinajstić information content (AvgIpc) is 2.69. The van der Waals surface area contributed by atoms with Crippen LogP contribution in [-0.2, 0) is 22.2 Å². The fraction of sp³-hybridized carbons (Fsp3) is 0.429. The molecule has 0 saturated carbocycles. The standard InChI is InChI=1S/C21H27NO4S/c1-26-20-9-7-18(8-10-20)15-21(17-23)11-13-22(14-12-21)27(24,25)16-19-5-3-2-4-6-19/h2-10,23H,11-17H2,1H3.